The molecule has 1 aliphatic carbocycles. The van der Waals surface area contributed by atoms with Crippen LogP contribution in [0, 0.1) is 11.3 Å². The van der Waals surface area contributed by atoms with Crippen molar-refractivity contribution in [3.8, 4) is 0 Å². The Morgan fingerprint density at radius 1 is 1.26 bits per heavy atom. The molecule has 156 valence electrons. The first-order valence-corrected chi connectivity index (χ1v) is 9.81. The molecule has 3 N–H and O–H groups in total. The fraction of sp³-hybridized carbons (Fsp3) is 0.842. The number of carbonyl (C=O) groups excluding carboxylic acids is 3. The lowest BCUT2D eigenvalue weighted by atomic mass is 9.65. The summed E-state index contributed by atoms with van der Waals surface area (Å²) in [6.07, 6.45) is 5.08. The molecule has 2 rings (SSSR count). The third-order valence-electron chi connectivity index (χ3n) is 6.33. The van der Waals surface area contributed by atoms with Crippen LogP contribution in [-0.2, 0) is 9.59 Å². The molecule has 27 heavy (non-hydrogen) atoms. The Kier molecular flexibility index (Phi) is 8.54. The van der Waals surface area contributed by atoms with Gasteiger partial charge in [0.15, 0.2) is 0 Å². The van der Waals surface area contributed by atoms with E-state index in [1.807, 2.05) is 7.05 Å². The van der Waals surface area contributed by atoms with Crippen LogP contribution >= 0.6 is 12.4 Å². The van der Waals surface area contributed by atoms with Gasteiger partial charge >= 0.3 is 6.03 Å². The fourth-order valence-corrected chi connectivity index (χ4v) is 4.03. The Morgan fingerprint density at radius 3 is 2.44 bits per heavy atom. The lowest BCUT2D eigenvalue weighted by Gasteiger charge is -2.42. The van der Waals surface area contributed by atoms with Gasteiger partial charge in [-0.25, -0.2) is 4.79 Å². The highest BCUT2D eigenvalue weighted by Crippen LogP contribution is 2.45. The van der Waals surface area contributed by atoms with E-state index in [1.54, 1.807) is 0 Å². The van der Waals surface area contributed by atoms with Crippen molar-refractivity contribution in [2.45, 2.75) is 64.8 Å². The zero-order valence-corrected chi connectivity index (χ0v) is 17.8. The molecule has 0 aromatic heterocycles. The minimum atomic E-state index is -0.802. The van der Waals surface area contributed by atoms with Crippen LogP contribution in [0.25, 0.3) is 0 Å². The monoisotopic (exact) mass is 402 g/mol. The second-order valence-electron chi connectivity index (χ2n) is 8.33. The third-order valence-corrected chi connectivity index (χ3v) is 6.33. The number of nitrogens with zero attached hydrogens (tertiary/aromatic N) is 1. The van der Waals surface area contributed by atoms with Crippen molar-refractivity contribution in [1.82, 2.24) is 20.9 Å². The van der Waals surface area contributed by atoms with E-state index < -0.39 is 11.6 Å². The van der Waals surface area contributed by atoms with Crippen LogP contribution in [0.5, 0.6) is 0 Å². The predicted molar refractivity (Wildman–Crippen MR) is 108 cm³/mol. The number of amides is 4. The molecule has 1 spiro atoms. The minimum Gasteiger partial charge on any atom is -0.354 e. The van der Waals surface area contributed by atoms with E-state index in [1.165, 1.54) is 0 Å². The van der Waals surface area contributed by atoms with Gasteiger partial charge in [-0.1, -0.05) is 27.2 Å². The normalized spacial score (nSPS) is 25.3. The Morgan fingerprint density at radius 2 is 1.89 bits per heavy atom. The summed E-state index contributed by atoms with van der Waals surface area (Å²) < 4.78 is 0. The molecule has 0 bridgehead atoms. The van der Waals surface area contributed by atoms with Gasteiger partial charge in [0.1, 0.15) is 12.1 Å². The third kappa shape index (κ3) is 5.35. The average Bonchev–Trinajstić information content (AvgIpc) is 2.83. The molecule has 0 aromatic rings. The van der Waals surface area contributed by atoms with Crippen molar-refractivity contribution < 1.29 is 14.4 Å². The van der Waals surface area contributed by atoms with Crippen LogP contribution in [0.15, 0.2) is 0 Å². The molecule has 2 fully saturated rings. The summed E-state index contributed by atoms with van der Waals surface area (Å²) in [6, 6.07) is -0.437. The summed E-state index contributed by atoms with van der Waals surface area (Å²) in [5.74, 6) is 0.0374. The van der Waals surface area contributed by atoms with E-state index in [-0.39, 0.29) is 36.2 Å². The van der Waals surface area contributed by atoms with Gasteiger partial charge in [-0.2, -0.15) is 0 Å². The van der Waals surface area contributed by atoms with Crippen LogP contribution in [0.3, 0.4) is 0 Å². The zero-order chi connectivity index (χ0) is 19.4. The van der Waals surface area contributed by atoms with Crippen molar-refractivity contribution in [2.75, 3.05) is 26.7 Å². The van der Waals surface area contributed by atoms with Crippen molar-refractivity contribution >= 4 is 30.3 Å². The van der Waals surface area contributed by atoms with Gasteiger partial charge in [0.25, 0.3) is 5.91 Å². The summed E-state index contributed by atoms with van der Waals surface area (Å²) in [4.78, 5) is 38.3. The molecular formula is C19H35ClN4O3. The molecule has 7 nitrogen and oxygen atoms in total. The van der Waals surface area contributed by atoms with Gasteiger partial charge < -0.3 is 16.0 Å². The number of halogens is 1. The average molecular weight is 403 g/mol. The maximum atomic E-state index is 12.9. The highest BCUT2D eigenvalue weighted by molar-refractivity contribution is 6.09. The fourth-order valence-electron chi connectivity index (χ4n) is 4.03. The Balaban J connectivity index is 0.00000364. The number of hydrogen-bond acceptors (Lipinski definition) is 4. The van der Waals surface area contributed by atoms with E-state index in [2.05, 4.69) is 36.7 Å². The van der Waals surface area contributed by atoms with Crippen LogP contribution < -0.4 is 16.0 Å². The first kappa shape index (κ1) is 23.7. The van der Waals surface area contributed by atoms with Crippen LogP contribution in [0.2, 0.25) is 0 Å². The Hall–Kier alpha value is -1.34. The lowest BCUT2D eigenvalue weighted by Crippen LogP contribution is -2.51. The summed E-state index contributed by atoms with van der Waals surface area (Å²) in [5.41, 5.74) is -0.552. The maximum Gasteiger partial charge on any atom is 0.325 e. The second kappa shape index (κ2) is 9.73. The molecule has 1 saturated carbocycles. The maximum absolute atomic E-state index is 12.9. The quantitative estimate of drug-likeness (QED) is 0.428. The number of imide groups is 1. The largest absolute Gasteiger partial charge is 0.354 e. The lowest BCUT2D eigenvalue weighted by molar-refractivity contribution is -0.136. The molecule has 8 heteroatoms. The van der Waals surface area contributed by atoms with Crippen molar-refractivity contribution in [1.29, 1.82) is 0 Å². The topological polar surface area (TPSA) is 90.5 Å². The molecule has 1 aliphatic heterocycles. The molecule has 2 aliphatic rings. The summed E-state index contributed by atoms with van der Waals surface area (Å²) in [7, 11) is 1.85. The SMILES string of the molecule is CCC(C)(C)C1CCC2(CC1)NC(=O)N(CC(=O)NCCCNC)C2=O.Cl. The van der Waals surface area contributed by atoms with Gasteiger partial charge in [0.05, 0.1) is 0 Å². The molecule has 0 radical (unpaired) electrons. The van der Waals surface area contributed by atoms with Gasteiger partial charge in [0.2, 0.25) is 5.91 Å². The van der Waals surface area contributed by atoms with Crippen LogP contribution in [0.4, 0.5) is 4.79 Å². The molecular weight excluding hydrogens is 368 g/mol. The van der Waals surface area contributed by atoms with E-state index in [9.17, 15) is 14.4 Å². The molecule has 4 amide bonds. The highest BCUT2D eigenvalue weighted by Gasteiger charge is 2.53. The summed E-state index contributed by atoms with van der Waals surface area (Å²) in [5, 5.41) is 8.65. The van der Waals surface area contributed by atoms with Crippen molar-refractivity contribution in [3.05, 3.63) is 0 Å². The predicted octanol–water partition coefficient (Wildman–Crippen LogP) is 2.05. The zero-order valence-electron chi connectivity index (χ0n) is 17.0. The first-order valence-electron chi connectivity index (χ1n) is 9.81. The minimum absolute atomic E-state index is 0. The van der Waals surface area contributed by atoms with Crippen LogP contribution in [0.1, 0.15) is 59.3 Å². The number of carbonyl (C=O) groups is 3. The summed E-state index contributed by atoms with van der Waals surface area (Å²) in [6.45, 7) is 7.88. The van der Waals surface area contributed by atoms with E-state index >= 15 is 0 Å². The van der Waals surface area contributed by atoms with Gasteiger partial charge in [-0.15, -0.1) is 12.4 Å². The smallest absolute Gasteiger partial charge is 0.325 e. The Labute approximate surface area is 168 Å². The van der Waals surface area contributed by atoms with E-state index in [4.69, 9.17) is 0 Å². The number of nitrogens with one attached hydrogen (secondary N) is 3. The standard InChI is InChI=1S/C19H34N4O3.ClH/c1-5-18(2,3)14-7-9-19(10-8-14)16(25)23(17(26)22-19)13-15(24)21-12-6-11-20-4;/h14,20H,5-13H2,1-4H3,(H,21,24)(H,22,26);1H. The molecule has 0 atom stereocenters. The number of rotatable bonds is 8. The van der Waals surface area contributed by atoms with E-state index in [0.29, 0.717) is 25.3 Å². The number of urea groups is 1. The van der Waals surface area contributed by atoms with Crippen LogP contribution in [-0.4, -0.2) is 55.0 Å². The van der Waals surface area contributed by atoms with Crippen molar-refractivity contribution in [3.63, 3.8) is 0 Å². The van der Waals surface area contributed by atoms with Gasteiger partial charge in [0, 0.05) is 6.54 Å². The van der Waals surface area contributed by atoms with E-state index in [0.717, 1.165) is 37.1 Å². The molecule has 0 unspecified atom stereocenters. The van der Waals surface area contributed by atoms with Gasteiger partial charge in [-0.05, 0) is 57.0 Å². The second-order valence-corrected chi connectivity index (χ2v) is 8.33. The van der Waals surface area contributed by atoms with Gasteiger partial charge in [-0.3, -0.25) is 14.5 Å². The molecule has 1 saturated heterocycles. The van der Waals surface area contributed by atoms with Crippen molar-refractivity contribution in [2.24, 2.45) is 11.3 Å². The first-order chi connectivity index (χ1) is 12.3. The number of hydrogen-bond donors (Lipinski definition) is 3. The molecule has 1 heterocycles. The summed E-state index contributed by atoms with van der Waals surface area (Å²) >= 11 is 0. The Bertz CT molecular complexity index is 545. The molecule has 0 aromatic carbocycles. The highest BCUT2D eigenvalue weighted by atomic mass is 35.5.